The Morgan fingerprint density at radius 3 is 2.26 bits per heavy atom. The molecule has 1 saturated heterocycles. The Morgan fingerprint density at radius 1 is 1.00 bits per heavy atom. The first-order valence-electron chi connectivity index (χ1n) is 9.25. The van der Waals surface area contributed by atoms with Crippen LogP contribution in [0.1, 0.15) is 63.4 Å². The van der Waals surface area contributed by atoms with Gasteiger partial charge in [0.1, 0.15) is 5.82 Å². The van der Waals surface area contributed by atoms with Gasteiger partial charge in [0.05, 0.1) is 13.2 Å². The predicted molar refractivity (Wildman–Crippen MR) is 89.8 cm³/mol. The molecule has 2 nitrogen and oxygen atoms in total. The molecule has 1 aromatic rings. The second-order valence-electron chi connectivity index (χ2n) is 7.21. The number of hydrogen-bond acceptors (Lipinski definition) is 2. The van der Waals surface area contributed by atoms with Crippen molar-refractivity contribution < 1.29 is 13.9 Å². The van der Waals surface area contributed by atoms with Gasteiger partial charge in [-0.2, -0.15) is 0 Å². The second kappa shape index (κ2) is 8.25. The number of rotatable bonds is 5. The van der Waals surface area contributed by atoms with E-state index < -0.39 is 0 Å². The van der Waals surface area contributed by atoms with Gasteiger partial charge in [0, 0.05) is 11.8 Å². The van der Waals surface area contributed by atoms with Gasteiger partial charge in [-0.1, -0.05) is 31.9 Å². The third-order valence-electron chi connectivity index (χ3n) is 5.46. The molecule has 2 fully saturated rings. The smallest absolute Gasteiger partial charge is 0.160 e. The largest absolute Gasteiger partial charge is 0.352 e. The van der Waals surface area contributed by atoms with Gasteiger partial charge < -0.3 is 9.47 Å². The van der Waals surface area contributed by atoms with E-state index in [1.54, 1.807) is 12.1 Å². The Kier molecular flexibility index (Phi) is 6.07. The first-order valence-corrected chi connectivity index (χ1v) is 9.25. The SMILES string of the molecule is CCCCC1COC([C@H]2CC[C@H](c3ccc(F)cc3)CC2)OC1. The van der Waals surface area contributed by atoms with Crippen LogP contribution in [-0.4, -0.2) is 19.5 Å². The van der Waals surface area contributed by atoms with Gasteiger partial charge in [-0.25, -0.2) is 4.39 Å². The summed E-state index contributed by atoms with van der Waals surface area (Å²) in [6.45, 7) is 3.96. The molecule has 1 heterocycles. The van der Waals surface area contributed by atoms with E-state index in [9.17, 15) is 4.39 Å². The molecule has 1 aliphatic carbocycles. The maximum atomic E-state index is 13.0. The molecule has 3 heteroatoms. The Bertz CT molecular complexity index is 457. The summed E-state index contributed by atoms with van der Waals surface area (Å²) in [7, 11) is 0. The zero-order valence-electron chi connectivity index (χ0n) is 14.2. The first-order chi connectivity index (χ1) is 11.3. The molecule has 0 unspecified atom stereocenters. The molecule has 0 radical (unpaired) electrons. The minimum Gasteiger partial charge on any atom is -0.352 e. The number of hydrogen-bond donors (Lipinski definition) is 0. The normalized spacial score (nSPS) is 31.9. The number of benzene rings is 1. The maximum Gasteiger partial charge on any atom is 0.160 e. The van der Waals surface area contributed by atoms with Crippen molar-refractivity contribution in [2.24, 2.45) is 11.8 Å². The predicted octanol–water partition coefficient (Wildman–Crippen LogP) is 5.28. The van der Waals surface area contributed by atoms with Crippen LogP contribution < -0.4 is 0 Å². The Balaban J connectivity index is 1.43. The summed E-state index contributed by atoms with van der Waals surface area (Å²) < 4.78 is 25.1. The maximum absolute atomic E-state index is 13.0. The lowest BCUT2D eigenvalue weighted by molar-refractivity contribution is -0.229. The Hall–Kier alpha value is -0.930. The van der Waals surface area contributed by atoms with E-state index in [2.05, 4.69) is 6.92 Å². The van der Waals surface area contributed by atoms with Crippen LogP contribution in [0.4, 0.5) is 4.39 Å². The fourth-order valence-electron chi connectivity index (χ4n) is 3.95. The molecule has 128 valence electrons. The van der Waals surface area contributed by atoms with Crippen LogP contribution in [0.5, 0.6) is 0 Å². The zero-order chi connectivity index (χ0) is 16.1. The van der Waals surface area contributed by atoms with Crippen molar-refractivity contribution in [1.29, 1.82) is 0 Å². The van der Waals surface area contributed by atoms with Crippen molar-refractivity contribution in [3.05, 3.63) is 35.6 Å². The molecule has 3 rings (SSSR count). The van der Waals surface area contributed by atoms with E-state index in [1.807, 2.05) is 12.1 Å². The molecular weight excluding hydrogens is 291 g/mol. The van der Waals surface area contributed by atoms with E-state index in [0.717, 1.165) is 38.9 Å². The van der Waals surface area contributed by atoms with Gasteiger partial charge in [-0.05, 0) is 55.7 Å². The molecule has 0 bridgehead atoms. The summed E-state index contributed by atoms with van der Waals surface area (Å²) in [6, 6.07) is 7.02. The van der Waals surface area contributed by atoms with E-state index in [1.165, 1.54) is 24.8 Å². The van der Waals surface area contributed by atoms with Gasteiger partial charge in [-0.15, -0.1) is 0 Å². The Morgan fingerprint density at radius 2 is 1.65 bits per heavy atom. The molecule has 0 N–H and O–H groups in total. The standard InChI is InChI=1S/C20H29FO2/c1-2-3-4-15-13-22-20(23-14-15)18-7-5-16(6-8-18)17-9-11-19(21)12-10-17/h9-12,15-16,18,20H,2-8,13-14H2,1H3/t15?,16-,18-,20?. The van der Waals surface area contributed by atoms with Gasteiger partial charge in [0.15, 0.2) is 6.29 Å². The van der Waals surface area contributed by atoms with Crippen molar-refractivity contribution in [2.45, 2.75) is 64.1 Å². The molecule has 1 aliphatic heterocycles. The van der Waals surface area contributed by atoms with Crippen LogP contribution >= 0.6 is 0 Å². The molecule has 0 aromatic heterocycles. The molecular formula is C20H29FO2. The molecule has 0 spiro atoms. The highest BCUT2D eigenvalue weighted by Crippen LogP contribution is 2.39. The highest BCUT2D eigenvalue weighted by molar-refractivity contribution is 5.20. The minimum absolute atomic E-state index is 0.00189. The van der Waals surface area contributed by atoms with Crippen molar-refractivity contribution >= 4 is 0 Å². The highest BCUT2D eigenvalue weighted by atomic mass is 19.1. The molecule has 1 saturated carbocycles. The lowest BCUT2D eigenvalue weighted by Gasteiger charge is -2.37. The van der Waals surface area contributed by atoms with Gasteiger partial charge in [0.25, 0.3) is 0 Å². The summed E-state index contributed by atoms with van der Waals surface area (Å²) in [5.74, 6) is 1.53. The fraction of sp³-hybridized carbons (Fsp3) is 0.700. The fourth-order valence-corrected chi connectivity index (χ4v) is 3.95. The van der Waals surface area contributed by atoms with Crippen molar-refractivity contribution in [3.63, 3.8) is 0 Å². The summed E-state index contributed by atoms with van der Waals surface area (Å²) >= 11 is 0. The van der Waals surface area contributed by atoms with Crippen LogP contribution in [0.15, 0.2) is 24.3 Å². The Labute approximate surface area is 139 Å². The van der Waals surface area contributed by atoms with Gasteiger partial charge >= 0.3 is 0 Å². The minimum atomic E-state index is -0.149. The van der Waals surface area contributed by atoms with Crippen LogP contribution in [0.2, 0.25) is 0 Å². The molecule has 0 atom stereocenters. The number of unbranched alkanes of at least 4 members (excludes halogenated alkanes) is 1. The van der Waals surface area contributed by atoms with Crippen LogP contribution in [0.25, 0.3) is 0 Å². The molecule has 23 heavy (non-hydrogen) atoms. The van der Waals surface area contributed by atoms with Crippen LogP contribution in [0, 0.1) is 17.7 Å². The summed E-state index contributed by atoms with van der Waals surface area (Å²) in [6.07, 6.45) is 8.33. The van der Waals surface area contributed by atoms with Gasteiger partial charge in [-0.3, -0.25) is 0 Å². The monoisotopic (exact) mass is 320 g/mol. The van der Waals surface area contributed by atoms with E-state index >= 15 is 0 Å². The summed E-state index contributed by atoms with van der Waals surface area (Å²) in [4.78, 5) is 0. The lowest BCUT2D eigenvalue weighted by atomic mass is 9.78. The zero-order valence-corrected chi connectivity index (χ0v) is 14.2. The quantitative estimate of drug-likeness (QED) is 0.735. The third kappa shape index (κ3) is 4.54. The summed E-state index contributed by atoms with van der Waals surface area (Å²) in [5.41, 5.74) is 1.27. The first kappa shape index (κ1) is 16.9. The van der Waals surface area contributed by atoms with E-state index in [4.69, 9.17) is 9.47 Å². The average molecular weight is 320 g/mol. The number of ether oxygens (including phenoxy) is 2. The molecule has 2 aliphatic rings. The third-order valence-corrected chi connectivity index (χ3v) is 5.46. The topological polar surface area (TPSA) is 18.5 Å². The van der Waals surface area contributed by atoms with E-state index in [0.29, 0.717) is 17.8 Å². The summed E-state index contributed by atoms with van der Waals surface area (Å²) in [5, 5.41) is 0. The molecule has 0 amide bonds. The molecule has 1 aromatic carbocycles. The van der Waals surface area contributed by atoms with Crippen molar-refractivity contribution in [1.82, 2.24) is 0 Å². The second-order valence-corrected chi connectivity index (χ2v) is 7.21. The van der Waals surface area contributed by atoms with Crippen molar-refractivity contribution in [3.8, 4) is 0 Å². The van der Waals surface area contributed by atoms with Crippen LogP contribution in [0.3, 0.4) is 0 Å². The average Bonchev–Trinajstić information content (AvgIpc) is 2.61. The van der Waals surface area contributed by atoms with Crippen molar-refractivity contribution in [2.75, 3.05) is 13.2 Å². The van der Waals surface area contributed by atoms with Gasteiger partial charge in [0.2, 0.25) is 0 Å². The van der Waals surface area contributed by atoms with E-state index in [-0.39, 0.29) is 12.1 Å². The lowest BCUT2D eigenvalue weighted by Crippen LogP contribution is -2.38. The van der Waals surface area contributed by atoms with Crippen LogP contribution in [-0.2, 0) is 9.47 Å². The highest BCUT2D eigenvalue weighted by Gasteiger charge is 2.32. The number of halogens is 1.